The molecule has 7 heteroatoms. The number of hydrogen-bond donors (Lipinski definition) is 1. The molecule has 3 amide bonds. The van der Waals surface area contributed by atoms with E-state index in [-0.39, 0.29) is 17.6 Å². The highest BCUT2D eigenvalue weighted by Gasteiger charge is 2.39. The number of halogens is 2. The van der Waals surface area contributed by atoms with Crippen molar-refractivity contribution in [2.45, 2.75) is 38.1 Å². The first-order chi connectivity index (χ1) is 13.0. The molecule has 1 aromatic heterocycles. The van der Waals surface area contributed by atoms with Gasteiger partial charge in [-0.1, -0.05) is 19.3 Å². The summed E-state index contributed by atoms with van der Waals surface area (Å²) in [4.78, 5) is 26.1. The molecule has 1 saturated carbocycles. The third kappa shape index (κ3) is 3.37. The van der Waals surface area contributed by atoms with Gasteiger partial charge in [-0.3, -0.25) is 9.69 Å². The van der Waals surface area contributed by atoms with Crippen LogP contribution in [0.15, 0.2) is 40.4 Å². The zero-order valence-electron chi connectivity index (χ0n) is 14.5. The van der Waals surface area contributed by atoms with Crippen molar-refractivity contribution in [2.24, 2.45) is 0 Å². The SMILES string of the molecule is O=C1NC(=Cc2ccc(-c3ccc(F)c(F)c3)o2)C(=O)N1C1CCCCC1. The van der Waals surface area contributed by atoms with Crippen LogP contribution in [0.4, 0.5) is 13.6 Å². The second kappa shape index (κ2) is 6.98. The number of carbonyl (C=O) groups is 2. The Kier molecular flexibility index (Phi) is 4.51. The van der Waals surface area contributed by atoms with Crippen molar-refractivity contribution < 1.29 is 22.8 Å². The first kappa shape index (κ1) is 17.5. The lowest BCUT2D eigenvalue weighted by atomic mass is 9.94. The maximum absolute atomic E-state index is 13.4. The zero-order valence-corrected chi connectivity index (χ0v) is 14.5. The number of furan rings is 1. The Balaban J connectivity index is 1.55. The van der Waals surface area contributed by atoms with Gasteiger partial charge in [0.2, 0.25) is 0 Å². The molecule has 0 spiro atoms. The molecule has 140 valence electrons. The number of hydrogen-bond acceptors (Lipinski definition) is 3. The summed E-state index contributed by atoms with van der Waals surface area (Å²) in [5.74, 6) is -1.59. The molecule has 1 aromatic carbocycles. The van der Waals surface area contributed by atoms with E-state index in [9.17, 15) is 18.4 Å². The van der Waals surface area contributed by atoms with E-state index in [1.807, 2.05) is 0 Å². The average Bonchev–Trinajstić information content (AvgIpc) is 3.23. The summed E-state index contributed by atoms with van der Waals surface area (Å²) in [6.45, 7) is 0. The summed E-state index contributed by atoms with van der Waals surface area (Å²) in [7, 11) is 0. The van der Waals surface area contributed by atoms with Crippen LogP contribution < -0.4 is 5.32 Å². The Labute approximate surface area is 154 Å². The Morgan fingerprint density at radius 1 is 1.04 bits per heavy atom. The molecule has 27 heavy (non-hydrogen) atoms. The minimum absolute atomic E-state index is 0.0634. The standard InChI is InChI=1S/C20H18F2N2O3/c21-15-8-6-12(10-16(15)22)18-9-7-14(27-18)11-17-19(25)24(20(26)23-17)13-4-2-1-3-5-13/h6-11,13H,1-5H2,(H,23,26). The third-order valence-electron chi connectivity index (χ3n) is 4.97. The molecule has 2 fully saturated rings. The number of amides is 3. The molecule has 1 aliphatic heterocycles. The number of imide groups is 1. The number of carbonyl (C=O) groups excluding carboxylic acids is 2. The topological polar surface area (TPSA) is 62.6 Å². The van der Waals surface area contributed by atoms with Crippen LogP contribution in [0.1, 0.15) is 37.9 Å². The molecule has 2 heterocycles. The summed E-state index contributed by atoms with van der Waals surface area (Å²) < 4.78 is 32.1. The van der Waals surface area contributed by atoms with Gasteiger partial charge in [0, 0.05) is 17.7 Å². The second-order valence-electron chi connectivity index (χ2n) is 6.79. The number of benzene rings is 1. The smallest absolute Gasteiger partial charge is 0.329 e. The largest absolute Gasteiger partial charge is 0.457 e. The molecule has 0 unspecified atom stereocenters. The fraction of sp³-hybridized carbons (Fsp3) is 0.300. The summed E-state index contributed by atoms with van der Waals surface area (Å²) in [5, 5.41) is 2.59. The Morgan fingerprint density at radius 2 is 1.81 bits per heavy atom. The van der Waals surface area contributed by atoms with E-state index in [0.29, 0.717) is 17.1 Å². The normalized spacial score (nSPS) is 19.8. The number of rotatable bonds is 3. The lowest BCUT2D eigenvalue weighted by Crippen LogP contribution is -2.41. The van der Waals surface area contributed by atoms with Crippen LogP contribution in [0.5, 0.6) is 0 Å². The van der Waals surface area contributed by atoms with Crippen LogP contribution in [0.3, 0.4) is 0 Å². The molecule has 1 saturated heterocycles. The number of nitrogens with zero attached hydrogens (tertiary/aromatic N) is 1. The third-order valence-corrected chi connectivity index (χ3v) is 4.97. The van der Waals surface area contributed by atoms with Crippen LogP contribution >= 0.6 is 0 Å². The number of nitrogens with one attached hydrogen (secondary N) is 1. The van der Waals surface area contributed by atoms with Crippen LogP contribution in [-0.4, -0.2) is 22.9 Å². The summed E-state index contributed by atoms with van der Waals surface area (Å²) in [6.07, 6.45) is 6.25. The summed E-state index contributed by atoms with van der Waals surface area (Å²) in [6, 6.07) is 6.19. The van der Waals surface area contributed by atoms with Gasteiger partial charge in [0.25, 0.3) is 5.91 Å². The minimum atomic E-state index is -0.967. The molecule has 1 N–H and O–H groups in total. The van der Waals surface area contributed by atoms with Crippen molar-refractivity contribution in [3.63, 3.8) is 0 Å². The Hall–Kier alpha value is -2.96. The second-order valence-corrected chi connectivity index (χ2v) is 6.79. The van der Waals surface area contributed by atoms with Gasteiger partial charge < -0.3 is 9.73 Å². The van der Waals surface area contributed by atoms with Crippen molar-refractivity contribution in [3.05, 3.63) is 53.4 Å². The maximum Gasteiger partial charge on any atom is 0.329 e. The van der Waals surface area contributed by atoms with E-state index in [1.54, 1.807) is 12.1 Å². The monoisotopic (exact) mass is 372 g/mol. The molecule has 0 radical (unpaired) electrons. The van der Waals surface area contributed by atoms with Gasteiger partial charge in [0.15, 0.2) is 11.6 Å². The van der Waals surface area contributed by atoms with E-state index in [0.717, 1.165) is 44.2 Å². The Morgan fingerprint density at radius 3 is 2.56 bits per heavy atom. The fourth-order valence-electron chi connectivity index (χ4n) is 3.60. The number of urea groups is 1. The minimum Gasteiger partial charge on any atom is -0.457 e. The fourth-order valence-corrected chi connectivity index (χ4v) is 3.60. The van der Waals surface area contributed by atoms with Gasteiger partial charge in [-0.25, -0.2) is 13.6 Å². The van der Waals surface area contributed by atoms with Gasteiger partial charge in [-0.15, -0.1) is 0 Å². The predicted octanol–water partition coefficient (Wildman–Crippen LogP) is 4.45. The highest BCUT2D eigenvalue weighted by Crippen LogP contribution is 2.28. The molecular weight excluding hydrogens is 354 g/mol. The molecule has 2 aromatic rings. The highest BCUT2D eigenvalue weighted by atomic mass is 19.2. The molecule has 1 aliphatic carbocycles. The van der Waals surface area contributed by atoms with Crippen LogP contribution in [0.25, 0.3) is 17.4 Å². The Bertz CT molecular complexity index is 929. The van der Waals surface area contributed by atoms with Crippen LogP contribution in [-0.2, 0) is 4.79 Å². The zero-order chi connectivity index (χ0) is 19.0. The lowest BCUT2D eigenvalue weighted by molar-refractivity contribution is -0.124. The van der Waals surface area contributed by atoms with E-state index in [2.05, 4.69) is 5.32 Å². The van der Waals surface area contributed by atoms with Gasteiger partial charge in [0.1, 0.15) is 17.2 Å². The first-order valence-electron chi connectivity index (χ1n) is 8.94. The van der Waals surface area contributed by atoms with Gasteiger partial charge >= 0.3 is 6.03 Å². The average molecular weight is 372 g/mol. The van der Waals surface area contributed by atoms with Crippen molar-refractivity contribution in [2.75, 3.05) is 0 Å². The van der Waals surface area contributed by atoms with Gasteiger partial charge in [-0.2, -0.15) is 0 Å². The van der Waals surface area contributed by atoms with E-state index in [4.69, 9.17) is 4.42 Å². The maximum atomic E-state index is 13.4. The van der Waals surface area contributed by atoms with E-state index < -0.39 is 17.7 Å². The lowest BCUT2D eigenvalue weighted by Gasteiger charge is -2.28. The van der Waals surface area contributed by atoms with Crippen LogP contribution in [0.2, 0.25) is 0 Å². The molecule has 0 atom stereocenters. The van der Waals surface area contributed by atoms with Crippen LogP contribution in [0, 0.1) is 11.6 Å². The molecule has 2 aliphatic rings. The van der Waals surface area contributed by atoms with E-state index in [1.165, 1.54) is 17.0 Å². The summed E-state index contributed by atoms with van der Waals surface area (Å²) in [5.41, 5.74) is 0.529. The van der Waals surface area contributed by atoms with Crippen molar-refractivity contribution in [3.8, 4) is 11.3 Å². The quantitative estimate of drug-likeness (QED) is 0.640. The van der Waals surface area contributed by atoms with Crippen molar-refractivity contribution >= 4 is 18.0 Å². The van der Waals surface area contributed by atoms with Gasteiger partial charge in [0.05, 0.1) is 0 Å². The van der Waals surface area contributed by atoms with Gasteiger partial charge in [-0.05, 0) is 43.2 Å². The first-order valence-corrected chi connectivity index (χ1v) is 8.94. The van der Waals surface area contributed by atoms with E-state index >= 15 is 0 Å². The molecule has 5 nitrogen and oxygen atoms in total. The van der Waals surface area contributed by atoms with Crippen molar-refractivity contribution in [1.82, 2.24) is 10.2 Å². The molecular formula is C20H18F2N2O3. The van der Waals surface area contributed by atoms with Crippen molar-refractivity contribution in [1.29, 1.82) is 0 Å². The predicted molar refractivity (Wildman–Crippen MR) is 94.3 cm³/mol. The molecule has 0 bridgehead atoms. The molecule has 4 rings (SSSR count). The highest BCUT2D eigenvalue weighted by molar-refractivity contribution is 6.14. The summed E-state index contributed by atoms with van der Waals surface area (Å²) >= 11 is 0.